The number of carbonyl (C=O) groups excluding carboxylic acids is 1. The van der Waals surface area contributed by atoms with Crippen molar-refractivity contribution in [3.05, 3.63) is 33.9 Å². The van der Waals surface area contributed by atoms with Crippen LogP contribution in [-0.4, -0.2) is 28.0 Å². The van der Waals surface area contributed by atoms with Crippen molar-refractivity contribution in [2.45, 2.75) is 37.8 Å². The molecule has 1 fully saturated rings. The monoisotopic (exact) mass is 315 g/mol. The van der Waals surface area contributed by atoms with Crippen LogP contribution in [-0.2, 0) is 0 Å². The zero-order valence-electron chi connectivity index (χ0n) is 11.3. The Morgan fingerprint density at radius 3 is 2.48 bits per heavy atom. The molecule has 21 heavy (non-hydrogen) atoms. The van der Waals surface area contributed by atoms with Gasteiger partial charge in [-0.1, -0.05) is 0 Å². The molecule has 0 unspecified atom stereocenters. The third-order valence-corrected chi connectivity index (χ3v) is 3.54. The van der Waals surface area contributed by atoms with Crippen LogP contribution in [0.15, 0.2) is 18.2 Å². The SMILES string of the molecule is Cl.NC1CCC(NC(=O)c2ccc([N+](=O)[O-])c(O)c2)CC1. The van der Waals surface area contributed by atoms with Crippen LogP contribution in [0.5, 0.6) is 5.75 Å². The largest absolute Gasteiger partial charge is 0.502 e. The average molecular weight is 316 g/mol. The van der Waals surface area contributed by atoms with Gasteiger partial charge in [-0.3, -0.25) is 14.9 Å². The molecular weight excluding hydrogens is 298 g/mol. The van der Waals surface area contributed by atoms with E-state index in [0.717, 1.165) is 37.8 Å². The summed E-state index contributed by atoms with van der Waals surface area (Å²) in [5.74, 6) is -0.844. The molecular formula is C13H18ClN3O4. The van der Waals surface area contributed by atoms with Gasteiger partial charge in [-0.15, -0.1) is 12.4 Å². The summed E-state index contributed by atoms with van der Waals surface area (Å²) in [6.07, 6.45) is 3.39. The van der Waals surface area contributed by atoms with Crippen molar-refractivity contribution < 1.29 is 14.8 Å². The van der Waals surface area contributed by atoms with E-state index >= 15 is 0 Å². The third kappa shape index (κ3) is 4.30. The summed E-state index contributed by atoms with van der Waals surface area (Å²) in [6, 6.07) is 3.84. The average Bonchev–Trinajstić information content (AvgIpc) is 2.40. The van der Waals surface area contributed by atoms with Gasteiger partial charge in [0.2, 0.25) is 0 Å². The van der Waals surface area contributed by atoms with Crippen LogP contribution in [0.2, 0.25) is 0 Å². The van der Waals surface area contributed by atoms with Crippen LogP contribution >= 0.6 is 12.4 Å². The molecule has 1 aliphatic carbocycles. The number of aromatic hydroxyl groups is 1. The highest BCUT2D eigenvalue weighted by molar-refractivity contribution is 5.95. The maximum absolute atomic E-state index is 12.0. The number of amides is 1. The van der Waals surface area contributed by atoms with E-state index in [1.165, 1.54) is 6.07 Å². The Morgan fingerprint density at radius 2 is 1.95 bits per heavy atom. The van der Waals surface area contributed by atoms with Crippen molar-refractivity contribution in [2.24, 2.45) is 5.73 Å². The topological polar surface area (TPSA) is 118 Å². The molecule has 1 amide bonds. The molecule has 0 saturated heterocycles. The van der Waals surface area contributed by atoms with Crippen LogP contribution in [0.3, 0.4) is 0 Å². The molecule has 0 spiro atoms. The van der Waals surface area contributed by atoms with E-state index < -0.39 is 16.4 Å². The van der Waals surface area contributed by atoms with E-state index in [1.54, 1.807) is 0 Å². The molecule has 116 valence electrons. The van der Waals surface area contributed by atoms with Crippen molar-refractivity contribution in [3.63, 3.8) is 0 Å². The molecule has 0 radical (unpaired) electrons. The molecule has 8 heteroatoms. The minimum Gasteiger partial charge on any atom is -0.502 e. The van der Waals surface area contributed by atoms with Gasteiger partial charge in [-0.05, 0) is 37.8 Å². The van der Waals surface area contributed by atoms with Gasteiger partial charge in [0.15, 0.2) is 5.75 Å². The molecule has 0 heterocycles. The highest BCUT2D eigenvalue weighted by Crippen LogP contribution is 2.26. The highest BCUT2D eigenvalue weighted by Gasteiger charge is 2.22. The number of rotatable bonds is 3. The molecule has 2 rings (SSSR count). The Balaban J connectivity index is 0.00000220. The van der Waals surface area contributed by atoms with E-state index in [9.17, 15) is 20.0 Å². The van der Waals surface area contributed by atoms with Crippen molar-refractivity contribution >= 4 is 24.0 Å². The molecule has 0 atom stereocenters. The first kappa shape index (κ1) is 17.2. The van der Waals surface area contributed by atoms with Gasteiger partial charge in [-0.2, -0.15) is 0 Å². The van der Waals surface area contributed by atoms with Gasteiger partial charge in [0, 0.05) is 23.7 Å². The second kappa shape index (κ2) is 7.24. The van der Waals surface area contributed by atoms with Gasteiger partial charge in [0.05, 0.1) is 4.92 Å². The lowest BCUT2D eigenvalue weighted by Crippen LogP contribution is -2.40. The first-order valence-corrected chi connectivity index (χ1v) is 6.51. The normalized spacial score (nSPS) is 21.2. The molecule has 7 nitrogen and oxygen atoms in total. The Bertz CT molecular complexity index is 530. The Labute approximate surface area is 128 Å². The summed E-state index contributed by atoms with van der Waals surface area (Å²) < 4.78 is 0. The lowest BCUT2D eigenvalue weighted by molar-refractivity contribution is -0.385. The highest BCUT2D eigenvalue weighted by atomic mass is 35.5. The quantitative estimate of drug-likeness (QED) is 0.579. The second-order valence-electron chi connectivity index (χ2n) is 5.05. The molecule has 4 N–H and O–H groups in total. The summed E-state index contributed by atoms with van der Waals surface area (Å²) in [7, 11) is 0. The first-order chi connectivity index (χ1) is 9.47. The van der Waals surface area contributed by atoms with E-state index in [4.69, 9.17) is 5.73 Å². The molecule has 1 saturated carbocycles. The fraction of sp³-hybridized carbons (Fsp3) is 0.462. The lowest BCUT2D eigenvalue weighted by atomic mass is 9.91. The van der Waals surface area contributed by atoms with Crippen LogP contribution in [0.1, 0.15) is 36.0 Å². The smallest absolute Gasteiger partial charge is 0.310 e. The lowest BCUT2D eigenvalue weighted by Gasteiger charge is -2.26. The minimum absolute atomic E-state index is 0. The van der Waals surface area contributed by atoms with Crippen molar-refractivity contribution in [1.82, 2.24) is 5.32 Å². The fourth-order valence-electron chi connectivity index (χ4n) is 2.35. The summed E-state index contributed by atoms with van der Waals surface area (Å²) >= 11 is 0. The number of nitrogens with zero attached hydrogens (tertiary/aromatic N) is 1. The Morgan fingerprint density at radius 1 is 1.33 bits per heavy atom. The second-order valence-corrected chi connectivity index (χ2v) is 5.05. The van der Waals surface area contributed by atoms with Crippen molar-refractivity contribution in [1.29, 1.82) is 0 Å². The Hall–Kier alpha value is -1.86. The summed E-state index contributed by atoms with van der Waals surface area (Å²) in [5, 5.41) is 23.0. The number of phenols is 1. The number of nitrogens with two attached hydrogens (primary N) is 1. The minimum atomic E-state index is -0.695. The van der Waals surface area contributed by atoms with E-state index in [0.29, 0.717) is 0 Å². The molecule has 1 aromatic rings. The predicted molar refractivity (Wildman–Crippen MR) is 79.7 cm³/mol. The zero-order valence-corrected chi connectivity index (χ0v) is 12.1. The van der Waals surface area contributed by atoms with Crippen LogP contribution in [0.4, 0.5) is 5.69 Å². The number of carbonyl (C=O) groups is 1. The van der Waals surface area contributed by atoms with Crippen LogP contribution < -0.4 is 11.1 Å². The maximum atomic E-state index is 12.0. The molecule has 1 aliphatic rings. The fourth-order valence-corrected chi connectivity index (χ4v) is 2.35. The predicted octanol–water partition coefficient (Wildman–Crippen LogP) is 1.72. The van der Waals surface area contributed by atoms with Gasteiger partial charge in [0.25, 0.3) is 5.91 Å². The number of hydrogen-bond donors (Lipinski definition) is 3. The Kier molecular flexibility index (Phi) is 5.92. The van der Waals surface area contributed by atoms with E-state index in [-0.39, 0.29) is 36.0 Å². The first-order valence-electron chi connectivity index (χ1n) is 6.51. The van der Waals surface area contributed by atoms with E-state index in [2.05, 4.69) is 5.32 Å². The third-order valence-electron chi connectivity index (χ3n) is 3.54. The van der Waals surface area contributed by atoms with Crippen LogP contribution in [0.25, 0.3) is 0 Å². The number of nitrogens with one attached hydrogen (secondary N) is 1. The summed E-state index contributed by atoms with van der Waals surface area (Å²) in [6.45, 7) is 0. The van der Waals surface area contributed by atoms with Gasteiger partial charge in [0.1, 0.15) is 0 Å². The number of halogens is 1. The number of hydrogen-bond acceptors (Lipinski definition) is 5. The van der Waals surface area contributed by atoms with Crippen LogP contribution in [0, 0.1) is 10.1 Å². The van der Waals surface area contributed by atoms with Crippen molar-refractivity contribution in [2.75, 3.05) is 0 Å². The molecule has 0 aliphatic heterocycles. The number of nitro groups is 1. The summed E-state index contributed by atoms with van der Waals surface area (Å²) in [5.41, 5.74) is 5.59. The number of phenolic OH excluding ortho intramolecular Hbond substituents is 1. The maximum Gasteiger partial charge on any atom is 0.310 e. The van der Waals surface area contributed by atoms with Gasteiger partial charge < -0.3 is 16.2 Å². The molecule has 1 aromatic carbocycles. The summed E-state index contributed by atoms with van der Waals surface area (Å²) in [4.78, 5) is 21.9. The zero-order chi connectivity index (χ0) is 14.7. The van der Waals surface area contributed by atoms with Crippen molar-refractivity contribution in [3.8, 4) is 5.75 Å². The van der Waals surface area contributed by atoms with Gasteiger partial charge in [-0.25, -0.2) is 0 Å². The molecule has 0 aromatic heterocycles. The molecule has 0 bridgehead atoms. The standard InChI is InChI=1S/C13H17N3O4.ClH/c14-9-2-4-10(5-3-9)15-13(18)8-1-6-11(16(19)20)12(17)7-8;/h1,6-7,9-10,17H,2-5,14H2,(H,15,18);1H. The van der Waals surface area contributed by atoms with E-state index in [1.807, 2.05) is 0 Å². The number of nitro benzene ring substituents is 1. The van der Waals surface area contributed by atoms with Gasteiger partial charge >= 0.3 is 5.69 Å². The number of benzene rings is 1.